The normalized spacial score (nSPS) is 21.3. The van der Waals surface area contributed by atoms with Gasteiger partial charge in [0.25, 0.3) is 0 Å². The number of aliphatic hydroxyl groups is 1. The van der Waals surface area contributed by atoms with Crippen LogP contribution in [0, 0.1) is 10.8 Å². The molecule has 1 unspecified atom stereocenters. The number of hydrogen-bond donors (Lipinski definition) is 18. The van der Waals surface area contributed by atoms with Crippen LogP contribution in [-0.2, 0) is 57.6 Å². The first kappa shape index (κ1) is 63.7. The van der Waals surface area contributed by atoms with E-state index in [1.54, 1.807) is 36.5 Å². The summed E-state index contributed by atoms with van der Waals surface area (Å²) < 4.78 is 0. The van der Waals surface area contributed by atoms with E-state index >= 15 is 0 Å². The summed E-state index contributed by atoms with van der Waals surface area (Å²) in [6.45, 7) is 1.54. The molecule has 1 saturated heterocycles. The molecule has 4 aromatic rings. The Hall–Kier alpha value is -9.11. The molecule has 9 amide bonds. The van der Waals surface area contributed by atoms with Crippen LogP contribution in [0.4, 0.5) is 0 Å². The first-order chi connectivity index (χ1) is 39.2. The molecular formula is C55H77N17O10. The molecule has 8 atom stereocenters. The number of aliphatic hydroxyl groups excluding tert-OH is 1. The Bertz CT molecular complexity index is 2870. The number of para-hydroxylation sites is 1. The van der Waals surface area contributed by atoms with Crippen molar-refractivity contribution in [1.82, 2.24) is 58.2 Å². The average Bonchev–Trinajstić information content (AvgIpc) is 3.90. The van der Waals surface area contributed by atoms with Gasteiger partial charge in [-0.3, -0.25) is 59.3 Å². The highest BCUT2D eigenvalue weighted by Gasteiger charge is 2.35. The lowest BCUT2D eigenvalue weighted by Gasteiger charge is -2.31. The summed E-state index contributed by atoms with van der Waals surface area (Å²) in [7, 11) is 0. The van der Waals surface area contributed by atoms with E-state index in [0.717, 1.165) is 10.9 Å². The molecule has 1 aliphatic rings. The molecule has 3 aromatic carbocycles. The molecule has 27 nitrogen and oxygen atoms in total. The van der Waals surface area contributed by atoms with Crippen molar-refractivity contribution in [2.24, 2.45) is 22.9 Å². The van der Waals surface area contributed by atoms with Gasteiger partial charge >= 0.3 is 0 Å². The summed E-state index contributed by atoms with van der Waals surface area (Å²) in [6.07, 6.45) is 0.434. The Labute approximate surface area is 474 Å². The number of hydrogen-bond acceptors (Lipinski definition) is 13. The highest BCUT2D eigenvalue weighted by atomic mass is 16.3. The molecule has 1 aliphatic heterocycles. The van der Waals surface area contributed by atoms with Gasteiger partial charge in [-0.25, -0.2) is 0 Å². The lowest BCUT2D eigenvalue weighted by atomic mass is 9.99. The van der Waals surface area contributed by atoms with Gasteiger partial charge in [0, 0.05) is 55.6 Å². The molecule has 0 bridgehead atoms. The van der Waals surface area contributed by atoms with Gasteiger partial charge in [-0.1, -0.05) is 73.5 Å². The Kier molecular flexibility index (Phi) is 25.0. The third-order valence-electron chi connectivity index (χ3n) is 13.6. The number of H-pyrrole nitrogens is 1. The number of aromatic amines is 1. The van der Waals surface area contributed by atoms with E-state index in [1.807, 2.05) is 24.3 Å². The summed E-state index contributed by atoms with van der Waals surface area (Å²) in [5.74, 6) is -7.62. The number of nitrogens with two attached hydrogens (primary N) is 4. The second-order valence-corrected chi connectivity index (χ2v) is 20.1. The number of benzene rings is 3. The van der Waals surface area contributed by atoms with Gasteiger partial charge in [0.2, 0.25) is 53.2 Å². The fourth-order valence-corrected chi connectivity index (χ4v) is 9.27. The molecule has 0 spiro atoms. The Morgan fingerprint density at radius 2 is 1.33 bits per heavy atom. The van der Waals surface area contributed by atoms with Crippen LogP contribution in [0.15, 0.2) is 85.1 Å². The Morgan fingerprint density at radius 1 is 0.695 bits per heavy atom. The lowest BCUT2D eigenvalue weighted by molar-refractivity contribution is -0.135. The standard InChI is InChI=1S/C55H77N17O10/c1-31(73)66-39(17-10-24-63-54(58)59)48(77)72-44-29-45(74)62-23-9-3-6-16-38(47(57)76)67-52(81)43(28-35-30-65-37-15-8-7-14-36(35)37)71-49(78)40(18-11-25-64-55(60)61)68-50(79)41(26-32-12-4-2-5-13-32)69-51(80)42(70-53(44)82)27-33-19-21-34(22-20-33)46(56)75/h2,4-5,7-8,12-15,19-22,30,38-44,51,65,69,80H,3,6,9-11,16-18,23-29H2,1H3,(H2,56,75)(H2,57,76)(H,62,74)(H,66,73)(H,67,81)(H,68,79)(H,70,82)(H,71,78)(H,72,77)(H4,58,59,63)(H4,60,61,64)/t38-,39-,40-,41+,42-,43-,44-,51?/m0/s1. The number of aromatic nitrogens is 1. The first-order valence-electron chi connectivity index (χ1n) is 27.1. The average molecular weight is 1140 g/mol. The van der Waals surface area contributed by atoms with E-state index in [2.05, 4.69) is 58.2 Å². The van der Waals surface area contributed by atoms with Crippen molar-refractivity contribution in [2.75, 3.05) is 19.6 Å². The van der Waals surface area contributed by atoms with Crippen molar-refractivity contribution < 1.29 is 48.3 Å². The van der Waals surface area contributed by atoms with Crippen LogP contribution in [0.2, 0.25) is 0 Å². The zero-order valence-corrected chi connectivity index (χ0v) is 45.7. The molecule has 5 rings (SSSR count). The van der Waals surface area contributed by atoms with Crippen LogP contribution in [0.1, 0.15) is 91.8 Å². The lowest BCUT2D eigenvalue weighted by Crippen LogP contribution is -2.62. The predicted octanol–water partition coefficient (Wildman–Crippen LogP) is -2.41. The van der Waals surface area contributed by atoms with E-state index in [-0.39, 0.29) is 88.5 Å². The number of guanidine groups is 2. The minimum atomic E-state index is -1.83. The fourth-order valence-electron chi connectivity index (χ4n) is 9.27. The largest absolute Gasteiger partial charge is 0.376 e. The first-order valence-corrected chi connectivity index (χ1v) is 27.1. The molecule has 1 aromatic heterocycles. The van der Waals surface area contributed by atoms with E-state index in [1.165, 1.54) is 31.2 Å². The van der Waals surface area contributed by atoms with Crippen molar-refractivity contribution in [3.8, 4) is 0 Å². The van der Waals surface area contributed by atoms with Crippen molar-refractivity contribution >= 4 is 76.0 Å². The summed E-state index contributed by atoms with van der Waals surface area (Å²) in [5, 5.41) is 55.4. The van der Waals surface area contributed by atoms with Crippen LogP contribution >= 0.6 is 0 Å². The maximum absolute atomic E-state index is 14.9. The molecule has 0 saturated carbocycles. The Morgan fingerprint density at radius 3 is 2.00 bits per heavy atom. The second kappa shape index (κ2) is 32.2. The van der Waals surface area contributed by atoms with E-state index in [0.29, 0.717) is 36.0 Å². The fraction of sp³-hybridized carbons (Fsp3) is 0.436. The van der Waals surface area contributed by atoms with Crippen molar-refractivity contribution in [3.05, 3.63) is 107 Å². The molecule has 2 heterocycles. The van der Waals surface area contributed by atoms with Gasteiger partial charge < -0.3 is 80.9 Å². The zero-order chi connectivity index (χ0) is 59.7. The molecule has 442 valence electrons. The molecule has 0 radical (unpaired) electrons. The molecule has 27 heteroatoms. The number of carbonyl (C=O) groups is 9. The number of amides is 9. The molecule has 22 N–H and O–H groups in total. The molecule has 1 fully saturated rings. The maximum atomic E-state index is 14.9. The van der Waals surface area contributed by atoms with Gasteiger partial charge in [-0.15, -0.1) is 0 Å². The number of fused-ring (bicyclic) bond motifs is 1. The highest BCUT2D eigenvalue weighted by molar-refractivity contribution is 5.97. The van der Waals surface area contributed by atoms with E-state index in [9.17, 15) is 48.3 Å². The summed E-state index contributed by atoms with van der Waals surface area (Å²) in [4.78, 5) is 127. The smallest absolute Gasteiger partial charge is 0.248 e. The van der Waals surface area contributed by atoms with Crippen LogP contribution in [-0.4, -0.2) is 143 Å². The van der Waals surface area contributed by atoms with Crippen LogP contribution < -0.4 is 76.1 Å². The topological polar surface area (TPSA) is 462 Å². The van der Waals surface area contributed by atoms with Crippen LogP contribution in [0.25, 0.3) is 10.9 Å². The third kappa shape index (κ3) is 21.2. The number of primary amides is 2. The molecular weight excluding hydrogens is 1060 g/mol. The van der Waals surface area contributed by atoms with Gasteiger partial charge in [-0.05, 0) is 86.3 Å². The zero-order valence-electron chi connectivity index (χ0n) is 45.7. The predicted molar refractivity (Wildman–Crippen MR) is 305 cm³/mol. The number of rotatable bonds is 19. The van der Waals surface area contributed by atoms with Crippen molar-refractivity contribution in [2.45, 2.75) is 132 Å². The minimum absolute atomic E-state index is 0.0212. The summed E-state index contributed by atoms with van der Waals surface area (Å²) in [5.41, 5.74) is 24.9. The minimum Gasteiger partial charge on any atom is -0.376 e. The number of carbonyl (C=O) groups excluding carboxylic acids is 9. The highest BCUT2D eigenvalue weighted by Crippen LogP contribution is 2.20. The van der Waals surface area contributed by atoms with E-state index < -0.39 is 108 Å². The van der Waals surface area contributed by atoms with Crippen molar-refractivity contribution in [3.63, 3.8) is 0 Å². The molecule has 82 heavy (non-hydrogen) atoms. The quantitative estimate of drug-likeness (QED) is 0.0264. The summed E-state index contributed by atoms with van der Waals surface area (Å²) in [6, 6.07) is 12.4. The van der Waals surface area contributed by atoms with Gasteiger partial charge in [0.15, 0.2) is 11.9 Å². The van der Waals surface area contributed by atoms with Gasteiger partial charge in [0.05, 0.1) is 18.5 Å². The van der Waals surface area contributed by atoms with Gasteiger partial charge in [0.1, 0.15) is 36.4 Å². The molecule has 0 aliphatic carbocycles. The van der Waals surface area contributed by atoms with Crippen LogP contribution in [0.3, 0.4) is 0 Å². The van der Waals surface area contributed by atoms with Crippen molar-refractivity contribution in [1.29, 1.82) is 10.8 Å². The second-order valence-electron chi connectivity index (χ2n) is 20.1. The third-order valence-corrected chi connectivity index (χ3v) is 13.6. The number of nitrogens with one attached hydrogen (secondary N) is 13. The Balaban J connectivity index is 1.57. The van der Waals surface area contributed by atoms with Crippen LogP contribution in [0.5, 0.6) is 0 Å². The summed E-state index contributed by atoms with van der Waals surface area (Å²) >= 11 is 0. The SMILES string of the molecule is CC(=O)N[C@@H](CCCNC(=N)N)C(=O)N[C@H]1CC(=O)NCCCCC[C@@H](C(N)=O)NC(=O)[C@H](Cc2c[nH]c3ccccc23)NC(=O)[C@H](CCCNC(=N)N)NC(=O)[C@@H](Cc2ccccc2)NC(O)[C@H](Cc2ccc(C(N)=O)cc2)NC1=O. The van der Waals surface area contributed by atoms with E-state index in [4.69, 9.17) is 33.8 Å². The maximum Gasteiger partial charge on any atom is 0.248 e. The monoisotopic (exact) mass is 1140 g/mol. The van der Waals surface area contributed by atoms with Gasteiger partial charge in [-0.2, -0.15) is 0 Å².